The standard InChI is InChI=1S/C27H20N2O4/c30-24-15-6-2-9-19(24)16-28(23-14-7-10-18-8-1-3-11-20(18)23)25(31)17-29-26(32)21-12-4-5-13-22(21)27(29)33/h1-15,30H,16-17H2. The molecular weight excluding hydrogens is 416 g/mol. The smallest absolute Gasteiger partial charge is 0.262 e. The first-order valence-corrected chi connectivity index (χ1v) is 10.5. The molecule has 4 aromatic carbocycles. The van der Waals surface area contributed by atoms with Crippen molar-refractivity contribution in [2.75, 3.05) is 11.4 Å². The Hall–Kier alpha value is -4.45. The Morgan fingerprint density at radius 3 is 2.09 bits per heavy atom. The number of hydrogen-bond donors (Lipinski definition) is 1. The third kappa shape index (κ3) is 3.61. The topological polar surface area (TPSA) is 77.9 Å². The number of carbonyl (C=O) groups excluding carboxylic acids is 3. The van der Waals surface area contributed by atoms with Crippen molar-refractivity contribution in [3.8, 4) is 5.75 Å². The molecule has 0 fully saturated rings. The minimum absolute atomic E-state index is 0.0660. The summed E-state index contributed by atoms with van der Waals surface area (Å²) in [6.07, 6.45) is 0. The Morgan fingerprint density at radius 1 is 0.758 bits per heavy atom. The summed E-state index contributed by atoms with van der Waals surface area (Å²) in [5.41, 5.74) is 1.79. The molecule has 0 atom stereocenters. The van der Waals surface area contributed by atoms with Gasteiger partial charge >= 0.3 is 0 Å². The second kappa shape index (κ2) is 8.24. The molecule has 0 unspecified atom stereocenters. The van der Waals surface area contributed by atoms with Gasteiger partial charge in [-0.25, -0.2) is 0 Å². The van der Waals surface area contributed by atoms with Crippen LogP contribution in [-0.4, -0.2) is 34.3 Å². The number of benzene rings is 4. The maximum atomic E-state index is 13.6. The van der Waals surface area contributed by atoms with Crippen molar-refractivity contribution in [1.29, 1.82) is 0 Å². The molecule has 3 amide bonds. The highest BCUT2D eigenvalue weighted by Crippen LogP contribution is 2.30. The first-order chi connectivity index (χ1) is 16.0. The Balaban J connectivity index is 1.53. The monoisotopic (exact) mass is 436 g/mol. The van der Waals surface area contributed by atoms with Gasteiger partial charge in [-0.2, -0.15) is 0 Å². The van der Waals surface area contributed by atoms with Gasteiger partial charge in [0, 0.05) is 10.9 Å². The normalized spacial score (nSPS) is 12.8. The van der Waals surface area contributed by atoms with E-state index in [9.17, 15) is 19.5 Å². The fourth-order valence-corrected chi connectivity index (χ4v) is 4.17. The van der Waals surface area contributed by atoms with E-state index in [1.165, 1.54) is 4.90 Å². The van der Waals surface area contributed by atoms with Gasteiger partial charge in [-0.3, -0.25) is 19.3 Å². The summed E-state index contributed by atoms with van der Waals surface area (Å²) in [6.45, 7) is -0.314. The molecule has 1 aliphatic heterocycles. The van der Waals surface area contributed by atoms with Gasteiger partial charge < -0.3 is 10.0 Å². The van der Waals surface area contributed by atoms with Gasteiger partial charge in [0.15, 0.2) is 0 Å². The van der Waals surface area contributed by atoms with Crippen molar-refractivity contribution < 1.29 is 19.5 Å². The highest BCUT2D eigenvalue weighted by atomic mass is 16.3. The highest BCUT2D eigenvalue weighted by molar-refractivity contribution is 6.23. The number of nitrogens with zero attached hydrogens (tertiary/aromatic N) is 2. The molecule has 0 aromatic heterocycles. The van der Waals surface area contributed by atoms with E-state index in [0.29, 0.717) is 22.4 Å². The van der Waals surface area contributed by atoms with Gasteiger partial charge in [0.2, 0.25) is 5.91 Å². The number of aromatic hydroxyl groups is 1. The first-order valence-electron chi connectivity index (χ1n) is 10.5. The van der Waals surface area contributed by atoms with Gasteiger partial charge in [0.25, 0.3) is 11.8 Å². The summed E-state index contributed by atoms with van der Waals surface area (Å²) in [4.78, 5) is 41.7. The molecule has 33 heavy (non-hydrogen) atoms. The molecule has 1 aliphatic rings. The number of para-hydroxylation sites is 1. The maximum absolute atomic E-state index is 13.6. The van der Waals surface area contributed by atoms with E-state index in [0.717, 1.165) is 15.7 Å². The summed E-state index contributed by atoms with van der Waals surface area (Å²) >= 11 is 0. The number of rotatable bonds is 5. The van der Waals surface area contributed by atoms with Crippen LogP contribution < -0.4 is 4.90 Å². The number of amides is 3. The van der Waals surface area contributed by atoms with Gasteiger partial charge in [0.1, 0.15) is 12.3 Å². The molecule has 4 aromatic rings. The molecule has 0 aliphatic carbocycles. The number of hydrogen-bond acceptors (Lipinski definition) is 4. The van der Waals surface area contributed by atoms with Crippen molar-refractivity contribution in [3.05, 3.63) is 108 Å². The van der Waals surface area contributed by atoms with Gasteiger partial charge in [0.05, 0.1) is 23.4 Å². The quantitative estimate of drug-likeness (QED) is 0.471. The van der Waals surface area contributed by atoms with E-state index >= 15 is 0 Å². The lowest BCUT2D eigenvalue weighted by molar-refractivity contribution is -0.119. The summed E-state index contributed by atoms with van der Waals surface area (Å²) in [6, 6.07) is 26.6. The fourth-order valence-electron chi connectivity index (χ4n) is 4.17. The molecule has 6 heteroatoms. The van der Waals surface area contributed by atoms with Gasteiger partial charge in [-0.15, -0.1) is 0 Å². The number of fused-ring (bicyclic) bond motifs is 2. The average Bonchev–Trinajstić information content (AvgIpc) is 3.08. The zero-order chi connectivity index (χ0) is 22.9. The largest absolute Gasteiger partial charge is 0.508 e. The van der Waals surface area contributed by atoms with Gasteiger partial charge in [-0.05, 0) is 29.7 Å². The fraction of sp³-hybridized carbons (Fsp3) is 0.0741. The zero-order valence-electron chi connectivity index (χ0n) is 17.6. The van der Waals surface area contributed by atoms with Crippen LogP contribution in [0.4, 0.5) is 5.69 Å². The van der Waals surface area contributed by atoms with Crippen LogP contribution in [0.1, 0.15) is 26.3 Å². The summed E-state index contributed by atoms with van der Waals surface area (Å²) in [5, 5.41) is 12.1. The number of imide groups is 1. The number of anilines is 1. The lowest BCUT2D eigenvalue weighted by atomic mass is 10.1. The second-order valence-electron chi connectivity index (χ2n) is 7.85. The van der Waals surface area contributed by atoms with E-state index in [1.807, 2.05) is 42.5 Å². The third-order valence-corrected chi connectivity index (χ3v) is 5.85. The van der Waals surface area contributed by atoms with Gasteiger partial charge in [-0.1, -0.05) is 66.7 Å². The van der Waals surface area contributed by atoms with Crippen molar-refractivity contribution in [1.82, 2.24) is 4.90 Å². The zero-order valence-corrected chi connectivity index (χ0v) is 17.6. The molecular formula is C27H20N2O4. The Labute approximate surface area is 190 Å². The van der Waals surface area contributed by atoms with Crippen LogP contribution in [0.3, 0.4) is 0 Å². The molecule has 1 N–H and O–H groups in total. The second-order valence-corrected chi connectivity index (χ2v) is 7.85. The maximum Gasteiger partial charge on any atom is 0.262 e. The Kier molecular flexibility index (Phi) is 5.11. The highest BCUT2D eigenvalue weighted by Gasteiger charge is 2.37. The Morgan fingerprint density at radius 2 is 1.36 bits per heavy atom. The number of carbonyl (C=O) groups is 3. The van der Waals surface area contributed by atoms with Crippen LogP contribution in [0.2, 0.25) is 0 Å². The molecule has 0 bridgehead atoms. The van der Waals surface area contributed by atoms with Crippen LogP contribution in [0.15, 0.2) is 91.0 Å². The lowest BCUT2D eigenvalue weighted by Gasteiger charge is -2.26. The molecule has 6 nitrogen and oxygen atoms in total. The van der Waals surface area contributed by atoms with E-state index in [2.05, 4.69) is 0 Å². The number of phenolic OH excluding ortho intramolecular Hbond substituents is 1. The van der Waals surface area contributed by atoms with E-state index in [4.69, 9.17) is 0 Å². The van der Waals surface area contributed by atoms with Crippen LogP contribution in [-0.2, 0) is 11.3 Å². The molecule has 162 valence electrons. The van der Waals surface area contributed by atoms with E-state index in [-0.39, 0.29) is 12.3 Å². The molecule has 0 radical (unpaired) electrons. The lowest BCUT2D eigenvalue weighted by Crippen LogP contribution is -2.42. The predicted octanol–water partition coefficient (Wildman–Crippen LogP) is 4.37. The van der Waals surface area contributed by atoms with E-state index in [1.54, 1.807) is 48.5 Å². The third-order valence-electron chi connectivity index (χ3n) is 5.85. The van der Waals surface area contributed by atoms with E-state index < -0.39 is 24.3 Å². The molecule has 0 saturated heterocycles. The number of phenols is 1. The molecule has 0 spiro atoms. The van der Waals surface area contributed by atoms with Crippen LogP contribution >= 0.6 is 0 Å². The van der Waals surface area contributed by atoms with Crippen molar-refractivity contribution in [2.45, 2.75) is 6.54 Å². The first kappa shape index (κ1) is 20.5. The molecule has 5 rings (SSSR count). The Bertz CT molecular complexity index is 1370. The molecule has 0 saturated carbocycles. The van der Waals surface area contributed by atoms with Crippen LogP contribution in [0.5, 0.6) is 5.75 Å². The minimum Gasteiger partial charge on any atom is -0.508 e. The average molecular weight is 436 g/mol. The minimum atomic E-state index is -0.482. The SMILES string of the molecule is O=C1c2ccccc2C(=O)N1CC(=O)N(Cc1ccccc1O)c1cccc2ccccc12. The summed E-state index contributed by atoms with van der Waals surface area (Å²) in [5.74, 6) is -1.32. The van der Waals surface area contributed by atoms with Crippen LogP contribution in [0, 0.1) is 0 Å². The summed E-state index contributed by atoms with van der Waals surface area (Å²) in [7, 11) is 0. The van der Waals surface area contributed by atoms with Crippen molar-refractivity contribution in [2.24, 2.45) is 0 Å². The van der Waals surface area contributed by atoms with Crippen LogP contribution in [0.25, 0.3) is 10.8 Å². The predicted molar refractivity (Wildman–Crippen MR) is 125 cm³/mol. The van der Waals surface area contributed by atoms with Crippen molar-refractivity contribution in [3.63, 3.8) is 0 Å². The van der Waals surface area contributed by atoms with Crippen molar-refractivity contribution >= 4 is 34.2 Å². The summed E-state index contributed by atoms with van der Waals surface area (Å²) < 4.78 is 0. The molecule has 1 heterocycles.